The van der Waals surface area contributed by atoms with Crippen molar-refractivity contribution in [1.29, 1.82) is 0 Å². The second-order valence-corrected chi connectivity index (χ2v) is 7.71. The van der Waals surface area contributed by atoms with Gasteiger partial charge in [0.05, 0.1) is 25.6 Å². The molecule has 5 rings (SSSR count). The molecule has 3 aliphatic rings. The SMILES string of the molecule is CC1Cc2ccccc2N1C(=O)c1cnc(N2CCC3(CC2)OCCO3)cn1. The van der Waals surface area contributed by atoms with Crippen molar-refractivity contribution in [2.24, 2.45) is 0 Å². The van der Waals surface area contributed by atoms with Gasteiger partial charge in [0.2, 0.25) is 0 Å². The number of fused-ring (bicyclic) bond motifs is 1. The molecule has 28 heavy (non-hydrogen) atoms. The summed E-state index contributed by atoms with van der Waals surface area (Å²) >= 11 is 0. The Balaban J connectivity index is 1.30. The summed E-state index contributed by atoms with van der Waals surface area (Å²) in [7, 11) is 0. The average molecular weight is 380 g/mol. The lowest BCUT2D eigenvalue weighted by Crippen LogP contribution is -2.45. The van der Waals surface area contributed by atoms with E-state index in [-0.39, 0.29) is 11.9 Å². The molecule has 0 N–H and O–H groups in total. The lowest BCUT2D eigenvalue weighted by Gasteiger charge is -2.37. The molecule has 1 unspecified atom stereocenters. The Morgan fingerprint density at radius 2 is 1.86 bits per heavy atom. The van der Waals surface area contributed by atoms with Gasteiger partial charge < -0.3 is 19.3 Å². The number of carbonyl (C=O) groups is 1. The number of ether oxygens (including phenoxy) is 2. The second-order valence-electron chi connectivity index (χ2n) is 7.71. The highest BCUT2D eigenvalue weighted by Gasteiger charge is 2.40. The molecule has 2 aromatic rings. The molecule has 7 heteroatoms. The van der Waals surface area contributed by atoms with Gasteiger partial charge in [0, 0.05) is 37.7 Å². The Morgan fingerprint density at radius 3 is 2.57 bits per heavy atom. The van der Waals surface area contributed by atoms with Crippen LogP contribution in [0.15, 0.2) is 36.7 Å². The van der Waals surface area contributed by atoms with Crippen LogP contribution in [0.5, 0.6) is 0 Å². The van der Waals surface area contributed by atoms with Crippen LogP contribution in [0.1, 0.15) is 35.8 Å². The van der Waals surface area contributed by atoms with E-state index in [1.54, 1.807) is 12.4 Å². The van der Waals surface area contributed by atoms with E-state index in [4.69, 9.17) is 9.47 Å². The summed E-state index contributed by atoms with van der Waals surface area (Å²) in [5, 5.41) is 0. The van der Waals surface area contributed by atoms with Crippen LogP contribution >= 0.6 is 0 Å². The molecule has 2 fully saturated rings. The van der Waals surface area contributed by atoms with Crippen molar-refractivity contribution in [2.45, 2.75) is 38.0 Å². The van der Waals surface area contributed by atoms with Crippen molar-refractivity contribution < 1.29 is 14.3 Å². The highest BCUT2D eigenvalue weighted by molar-refractivity contribution is 6.06. The van der Waals surface area contributed by atoms with E-state index >= 15 is 0 Å². The number of hydrogen-bond donors (Lipinski definition) is 0. The third-order valence-corrected chi connectivity index (χ3v) is 5.95. The zero-order chi connectivity index (χ0) is 19.1. The molecule has 0 aliphatic carbocycles. The minimum atomic E-state index is -0.404. The normalized spacial score (nSPS) is 23.2. The molecule has 146 valence electrons. The molecule has 3 aliphatic heterocycles. The second kappa shape index (κ2) is 6.83. The van der Waals surface area contributed by atoms with Crippen LogP contribution in [0.25, 0.3) is 0 Å². The summed E-state index contributed by atoms with van der Waals surface area (Å²) in [6, 6.07) is 8.17. The molecule has 1 aromatic heterocycles. The van der Waals surface area contributed by atoms with Crippen LogP contribution in [0.4, 0.5) is 11.5 Å². The fraction of sp³-hybridized carbons (Fsp3) is 0.476. The van der Waals surface area contributed by atoms with Gasteiger partial charge >= 0.3 is 0 Å². The maximum atomic E-state index is 13.1. The molecular weight excluding hydrogens is 356 g/mol. The Bertz CT molecular complexity index is 869. The van der Waals surface area contributed by atoms with Gasteiger partial charge in [-0.05, 0) is 25.0 Å². The summed E-state index contributed by atoms with van der Waals surface area (Å²) in [5.41, 5.74) is 2.55. The Kier molecular flexibility index (Phi) is 4.29. The lowest BCUT2D eigenvalue weighted by molar-refractivity contribution is -0.169. The van der Waals surface area contributed by atoms with E-state index in [0.29, 0.717) is 18.9 Å². The largest absolute Gasteiger partial charge is 0.355 e. The standard InChI is InChI=1S/C21H24N4O3/c1-15-12-16-4-2-3-5-18(16)25(15)20(26)17-13-23-19(14-22-17)24-8-6-21(7-9-24)27-10-11-28-21/h2-5,13-15H,6-12H2,1H3. The molecule has 4 heterocycles. The smallest absolute Gasteiger partial charge is 0.278 e. The van der Waals surface area contributed by atoms with Gasteiger partial charge in [0.25, 0.3) is 5.91 Å². The maximum absolute atomic E-state index is 13.1. The van der Waals surface area contributed by atoms with E-state index < -0.39 is 5.79 Å². The van der Waals surface area contributed by atoms with Gasteiger partial charge in [-0.2, -0.15) is 0 Å². The summed E-state index contributed by atoms with van der Waals surface area (Å²) in [5.74, 6) is 0.292. The van der Waals surface area contributed by atoms with Crippen molar-refractivity contribution in [3.63, 3.8) is 0 Å². The van der Waals surface area contributed by atoms with Gasteiger partial charge in [0.1, 0.15) is 11.5 Å². The quantitative estimate of drug-likeness (QED) is 0.797. The zero-order valence-corrected chi connectivity index (χ0v) is 16.0. The van der Waals surface area contributed by atoms with E-state index in [0.717, 1.165) is 43.9 Å². The number of rotatable bonds is 2. The molecule has 7 nitrogen and oxygen atoms in total. The molecule has 0 radical (unpaired) electrons. The molecule has 1 spiro atoms. The highest BCUT2D eigenvalue weighted by Crippen LogP contribution is 2.34. The Hall–Kier alpha value is -2.51. The van der Waals surface area contributed by atoms with Gasteiger partial charge in [-0.3, -0.25) is 4.79 Å². The minimum Gasteiger partial charge on any atom is -0.355 e. The maximum Gasteiger partial charge on any atom is 0.278 e. The van der Waals surface area contributed by atoms with Crippen LogP contribution in [-0.4, -0.2) is 54.0 Å². The first-order valence-electron chi connectivity index (χ1n) is 9.92. The number of anilines is 2. The first-order chi connectivity index (χ1) is 13.7. The third kappa shape index (κ3) is 2.95. The van der Waals surface area contributed by atoms with Crippen molar-refractivity contribution in [1.82, 2.24) is 9.97 Å². The first kappa shape index (κ1) is 17.6. The summed E-state index contributed by atoms with van der Waals surface area (Å²) < 4.78 is 11.6. The number of aromatic nitrogens is 2. The molecule has 0 saturated carbocycles. The van der Waals surface area contributed by atoms with E-state index in [2.05, 4.69) is 27.9 Å². The molecular formula is C21H24N4O3. The van der Waals surface area contributed by atoms with Gasteiger partial charge in [-0.15, -0.1) is 0 Å². The predicted molar refractivity (Wildman–Crippen MR) is 105 cm³/mol. The Labute approximate surface area is 164 Å². The van der Waals surface area contributed by atoms with Crippen LogP contribution in [0.3, 0.4) is 0 Å². The van der Waals surface area contributed by atoms with Crippen LogP contribution in [0.2, 0.25) is 0 Å². The monoisotopic (exact) mass is 380 g/mol. The van der Waals surface area contributed by atoms with Crippen LogP contribution in [0, 0.1) is 0 Å². The van der Waals surface area contributed by atoms with E-state index in [1.165, 1.54) is 5.56 Å². The van der Waals surface area contributed by atoms with Crippen molar-refractivity contribution in [3.8, 4) is 0 Å². The zero-order valence-electron chi connectivity index (χ0n) is 16.0. The number of para-hydroxylation sites is 1. The number of hydrogen-bond acceptors (Lipinski definition) is 6. The fourth-order valence-electron chi connectivity index (χ4n) is 4.46. The molecule has 1 amide bonds. The van der Waals surface area contributed by atoms with Crippen molar-refractivity contribution in [3.05, 3.63) is 47.9 Å². The van der Waals surface area contributed by atoms with Crippen molar-refractivity contribution >= 4 is 17.4 Å². The van der Waals surface area contributed by atoms with Crippen LogP contribution < -0.4 is 9.80 Å². The van der Waals surface area contributed by atoms with Gasteiger partial charge in [-0.25, -0.2) is 9.97 Å². The summed E-state index contributed by atoms with van der Waals surface area (Å²) in [6.07, 6.45) is 5.80. The Morgan fingerprint density at radius 1 is 1.11 bits per heavy atom. The van der Waals surface area contributed by atoms with Gasteiger partial charge in [-0.1, -0.05) is 18.2 Å². The number of amides is 1. The van der Waals surface area contributed by atoms with Crippen LogP contribution in [-0.2, 0) is 15.9 Å². The minimum absolute atomic E-state index is 0.0955. The molecule has 1 atom stereocenters. The average Bonchev–Trinajstić information content (AvgIpc) is 3.32. The topological polar surface area (TPSA) is 67.8 Å². The first-order valence-corrected chi connectivity index (χ1v) is 9.92. The van der Waals surface area contributed by atoms with E-state index in [9.17, 15) is 4.79 Å². The fourth-order valence-corrected chi connectivity index (χ4v) is 4.46. The molecule has 2 saturated heterocycles. The highest BCUT2D eigenvalue weighted by atomic mass is 16.7. The van der Waals surface area contributed by atoms with Gasteiger partial charge in [0.15, 0.2) is 5.79 Å². The number of carbonyl (C=O) groups excluding carboxylic acids is 1. The predicted octanol–water partition coefficient (Wildman–Crippen LogP) is 2.41. The lowest BCUT2D eigenvalue weighted by atomic mass is 10.0. The molecule has 0 bridgehead atoms. The molecule has 1 aromatic carbocycles. The third-order valence-electron chi connectivity index (χ3n) is 5.95. The number of piperidine rings is 1. The summed E-state index contributed by atoms with van der Waals surface area (Å²) in [4.78, 5) is 26.0. The van der Waals surface area contributed by atoms with E-state index in [1.807, 2.05) is 23.1 Å². The van der Waals surface area contributed by atoms with Crippen molar-refractivity contribution in [2.75, 3.05) is 36.1 Å². The summed E-state index contributed by atoms with van der Waals surface area (Å²) in [6.45, 7) is 5.02. The number of benzene rings is 1. The number of nitrogens with zero attached hydrogens (tertiary/aromatic N) is 4.